The number of methoxy groups -OCH3 is 2. The summed E-state index contributed by atoms with van der Waals surface area (Å²) >= 11 is 0. The molecule has 0 aliphatic carbocycles. The monoisotopic (exact) mass is 643 g/mol. The van der Waals surface area contributed by atoms with Crippen molar-refractivity contribution in [2.45, 2.75) is 63.8 Å². The topological polar surface area (TPSA) is 30.9 Å². The molecule has 47 heavy (non-hydrogen) atoms. The Morgan fingerprint density at radius 3 is 1.32 bits per heavy atom. The molecule has 0 amide bonds. The molecular formula is C42H49NO3Si. The van der Waals surface area contributed by atoms with Crippen LogP contribution >= 0.6 is 0 Å². The standard InChI is InChI=1S/C42H49NO3Si/c1-42(2,3)47(37-27-17-9-18-28-37,38-29-19-10-20-30-38)46-40(36-25-15-8-16-26-36)31-39(41(44-4)45-5)43(32-34-21-11-6-12-22-34)33-35-23-13-7-14-24-35/h6-30,39-41H,31-33H2,1-5H3/t39-,40+/m1/s1. The molecule has 0 aromatic heterocycles. The van der Waals surface area contributed by atoms with E-state index >= 15 is 0 Å². The number of benzene rings is 5. The molecule has 0 saturated heterocycles. The third-order valence-electron chi connectivity index (χ3n) is 9.07. The first-order valence-electron chi connectivity index (χ1n) is 16.6. The lowest BCUT2D eigenvalue weighted by atomic mass is 9.99. The number of nitrogens with zero attached hydrogens (tertiary/aromatic N) is 1. The van der Waals surface area contributed by atoms with Crippen LogP contribution in [0.2, 0.25) is 5.04 Å². The summed E-state index contributed by atoms with van der Waals surface area (Å²) in [7, 11) is 0.582. The molecule has 0 fully saturated rings. The van der Waals surface area contributed by atoms with Gasteiger partial charge in [0.2, 0.25) is 0 Å². The largest absolute Gasteiger partial charge is 0.400 e. The zero-order chi connectivity index (χ0) is 33.1. The van der Waals surface area contributed by atoms with Gasteiger partial charge in [0.15, 0.2) is 6.29 Å². The molecule has 2 atom stereocenters. The third-order valence-corrected chi connectivity index (χ3v) is 14.1. The fraction of sp³-hybridized carbons (Fsp3) is 0.286. The molecule has 5 aromatic carbocycles. The lowest BCUT2D eigenvalue weighted by Crippen LogP contribution is -2.67. The molecule has 0 aliphatic heterocycles. The highest BCUT2D eigenvalue weighted by molar-refractivity contribution is 6.99. The van der Waals surface area contributed by atoms with E-state index in [0.29, 0.717) is 6.42 Å². The second-order valence-electron chi connectivity index (χ2n) is 13.2. The van der Waals surface area contributed by atoms with E-state index in [4.69, 9.17) is 13.9 Å². The van der Waals surface area contributed by atoms with Crippen molar-refractivity contribution in [2.75, 3.05) is 14.2 Å². The van der Waals surface area contributed by atoms with Crippen LogP contribution in [-0.2, 0) is 27.0 Å². The van der Waals surface area contributed by atoms with E-state index in [1.54, 1.807) is 14.2 Å². The quantitative estimate of drug-likeness (QED) is 0.0847. The Morgan fingerprint density at radius 2 is 0.936 bits per heavy atom. The van der Waals surface area contributed by atoms with Crippen molar-refractivity contribution in [1.29, 1.82) is 0 Å². The molecule has 0 bridgehead atoms. The summed E-state index contributed by atoms with van der Waals surface area (Å²) in [5, 5.41) is 2.35. The van der Waals surface area contributed by atoms with Gasteiger partial charge in [0, 0.05) is 27.3 Å². The van der Waals surface area contributed by atoms with Gasteiger partial charge in [-0.3, -0.25) is 4.90 Å². The summed E-state index contributed by atoms with van der Waals surface area (Å²) in [5.74, 6) is 0. The van der Waals surface area contributed by atoms with Gasteiger partial charge in [-0.2, -0.15) is 0 Å². The van der Waals surface area contributed by atoms with E-state index in [0.717, 1.165) is 18.7 Å². The smallest absolute Gasteiger partial charge is 0.261 e. The van der Waals surface area contributed by atoms with E-state index in [9.17, 15) is 0 Å². The molecular weight excluding hydrogens is 595 g/mol. The van der Waals surface area contributed by atoms with E-state index in [1.165, 1.54) is 21.5 Å². The predicted molar refractivity (Wildman–Crippen MR) is 196 cm³/mol. The maximum atomic E-state index is 7.88. The summed E-state index contributed by atoms with van der Waals surface area (Å²) < 4.78 is 20.1. The lowest BCUT2D eigenvalue weighted by molar-refractivity contribution is -0.156. The number of ether oxygens (including phenoxy) is 2. The van der Waals surface area contributed by atoms with Crippen LogP contribution in [0.1, 0.15) is 50.0 Å². The van der Waals surface area contributed by atoms with Crippen molar-refractivity contribution in [1.82, 2.24) is 4.90 Å². The average molecular weight is 644 g/mol. The zero-order valence-corrected chi connectivity index (χ0v) is 29.5. The van der Waals surface area contributed by atoms with Gasteiger partial charge in [-0.25, -0.2) is 0 Å². The normalized spacial score (nSPS) is 13.5. The molecule has 244 valence electrons. The van der Waals surface area contributed by atoms with Crippen molar-refractivity contribution in [2.24, 2.45) is 0 Å². The molecule has 0 aliphatic rings. The van der Waals surface area contributed by atoms with Gasteiger partial charge in [-0.15, -0.1) is 0 Å². The van der Waals surface area contributed by atoms with Crippen LogP contribution in [-0.4, -0.2) is 39.8 Å². The van der Waals surface area contributed by atoms with Crippen LogP contribution < -0.4 is 10.4 Å². The number of rotatable bonds is 15. The molecule has 5 heteroatoms. The molecule has 5 rings (SSSR count). The number of hydrogen-bond donors (Lipinski definition) is 0. The Bertz CT molecular complexity index is 1510. The fourth-order valence-corrected chi connectivity index (χ4v) is 11.5. The summed E-state index contributed by atoms with van der Waals surface area (Å²) in [6.07, 6.45) is -0.0497. The van der Waals surface area contributed by atoms with Crippen molar-refractivity contribution in [3.05, 3.63) is 168 Å². The zero-order valence-electron chi connectivity index (χ0n) is 28.5. The van der Waals surface area contributed by atoms with Crippen LogP contribution in [0, 0.1) is 0 Å². The Morgan fingerprint density at radius 1 is 0.553 bits per heavy atom. The van der Waals surface area contributed by atoms with Gasteiger partial charge < -0.3 is 13.9 Å². The van der Waals surface area contributed by atoms with Gasteiger partial charge in [0.1, 0.15) is 0 Å². The second-order valence-corrected chi connectivity index (χ2v) is 17.5. The Hall–Kier alpha value is -3.84. The van der Waals surface area contributed by atoms with E-state index < -0.39 is 14.6 Å². The third kappa shape index (κ3) is 8.36. The molecule has 4 nitrogen and oxygen atoms in total. The Kier molecular flexibility index (Phi) is 12.0. The fourth-order valence-electron chi connectivity index (χ4n) is 6.81. The predicted octanol–water partition coefficient (Wildman–Crippen LogP) is 8.38. The first-order chi connectivity index (χ1) is 22.9. The van der Waals surface area contributed by atoms with Gasteiger partial charge in [0.25, 0.3) is 8.32 Å². The minimum atomic E-state index is -2.90. The van der Waals surface area contributed by atoms with E-state index in [1.807, 2.05) is 0 Å². The van der Waals surface area contributed by atoms with Gasteiger partial charge >= 0.3 is 0 Å². The number of hydrogen-bond acceptors (Lipinski definition) is 4. The Labute approximate surface area is 283 Å². The highest BCUT2D eigenvalue weighted by Crippen LogP contribution is 2.42. The van der Waals surface area contributed by atoms with Gasteiger partial charge in [-0.1, -0.05) is 172 Å². The molecule has 0 saturated carbocycles. The van der Waals surface area contributed by atoms with Crippen LogP contribution in [0.3, 0.4) is 0 Å². The van der Waals surface area contributed by atoms with Crippen molar-refractivity contribution in [3.63, 3.8) is 0 Å². The minimum Gasteiger partial charge on any atom is -0.400 e. The highest BCUT2D eigenvalue weighted by Gasteiger charge is 2.52. The molecule has 0 spiro atoms. The van der Waals surface area contributed by atoms with E-state index in [2.05, 4.69) is 177 Å². The summed E-state index contributed by atoms with van der Waals surface area (Å²) in [6.45, 7) is 8.49. The SMILES string of the molecule is COC(OC)[C@@H](C[C@H](O[Si](c1ccccc1)(c1ccccc1)C(C)(C)C)c1ccccc1)N(Cc1ccccc1)Cc1ccccc1. The molecule has 0 heterocycles. The summed E-state index contributed by atoms with van der Waals surface area (Å²) in [5.41, 5.74) is 3.63. The maximum Gasteiger partial charge on any atom is 0.261 e. The average Bonchev–Trinajstić information content (AvgIpc) is 3.11. The molecule has 5 aromatic rings. The van der Waals surface area contributed by atoms with Gasteiger partial charge in [0.05, 0.1) is 12.1 Å². The van der Waals surface area contributed by atoms with Crippen LogP contribution in [0.5, 0.6) is 0 Å². The van der Waals surface area contributed by atoms with Crippen LogP contribution in [0.4, 0.5) is 0 Å². The molecule has 0 N–H and O–H groups in total. The second kappa shape index (κ2) is 16.3. The van der Waals surface area contributed by atoms with Crippen molar-refractivity contribution >= 4 is 18.7 Å². The highest BCUT2D eigenvalue weighted by atomic mass is 28.4. The summed E-state index contributed by atoms with van der Waals surface area (Å²) in [4.78, 5) is 2.49. The lowest BCUT2D eigenvalue weighted by Gasteiger charge is -2.46. The molecule has 0 unspecified atom stereocenters. The minimum absolute atomic E-state index is 0.131. The van der Waals surface area contributed by atoms with Crippen molar-refractivity contribution < 1.29 is 13.9 Å². The van der Waals surface area contributed by atoms with Crippen LogP contribution in [0.15, 0.2) is 152 Å². The Balaban J connectivity index is 1.65. The molecule has 0 radical (unpaired) electrons. The van der Waals surface area contributed by atoms with Gasteiger partial charge in [-0.05, 0) is 38.5 Å². The maximum absolute atomic E-state index is 7.88. The van der Waals surface area contributed by atoms with Crippen molar-refractivity contribution in [3.8, 4) is 0 Å². The van der Waals surface area contributed by atoms with E-state index in [-0.39, 0.29) is 17.2 Å². The first-order valence-corrected chi connectivity index (χ1v) is 18.5. The first kappa shape index (κ1) is 34.5. The summed E-state index contributed by atoms with van der Waals surface area (Å²) in [6, 6.07) is 53.7. The van der Waals surface area contributed by atoms with Crippen LogP contribution in [0.25, 0.3) is 0 Å².